The summed E-state index contributed by atoms with van der Waals surface area (Å²) in [5.74, 6) is -0.364. The SMILES string of the molecule is C[C@@H]1CN(C(=O)c2cnc3ccc(F)cc3c2)CCN1. The molecule has 1 amide bonds. The highest BCUT2D eigenvalue weighted by Gasteiger charge is 2.21. The number of hydrogen-bond donors (Lipinski definition) is 1. The number of nitrogens with zero attached hydrogens (tertiary/aromatic N) is 2. The summed E-state index contributed by atoms with van der Waals surface area (Å²) in [6.07, 6.45) is 1.56. The van der Waals surface area contributed by atoms with Crippen LogP contribution in [-0.4, -0.2) is 41.5 Å². The quantitative estimate of drug-likeness (QED) is 0.862. The average Bonchev–Trinajstić information content (AvgIpc) is 2.45. The van der Waals surface area contributed by atoms with Crippen LogP contribution in [0.15, 0.2) is 30.5 Å². The van der Waals surface area contributed by atoms with Gasteiger partial charge in [-0.1, -0.05) is 0 Å². The van der Waals surface area contributed by atoms with E-state index >= 15 is 0 Å². The maximum Gasteiger partial charge on any atom is 0.255 e. The van der Waals surface area contributed by atoms with E-state index in [-0.39, 0.29) is 11.7 Å². The van der Waals surface area contributed by atoms with Gasteiger partial charge in [-0.15, -0.1) is 0 Å². The monoisotopic (exact) mass is 273 g/mol. The highest BCUT2D eigenvalue weighted by molar-refractivity contribution is 5.97. The second-order valence-electron chi connectivity index (χ2n) is 5.17. The van der Waals surface area contributed by atoms with E-state index in [0.717, 1.165) is 6.54 Å². The minimum atomic E-state index is -0.320. The first-order chi connectivity index (χ1) is 9.63. The molecule has 2 heterocycles. The average molecular weight is 273 g/mol. The zero-order valence-electron chi connectivity index (χ0n) is 11.3. The van der Waals surface area contributed by atoms with Crippen molar-refractivity contribution in [1.82, 2.24) is 15.2 Å². The molecule has 1 atom stereocenters. The maximum absolute atomic E-state index is 13.2. The Morgan fingerprint density at radius 2 is 2.30 bits per heavy atom. The summed E-state index contributed by atoms with van der Waals surface area (Å²) in [5, 5.41) is 3.95. The van der Waals surface area contributed by atoms with Crippen molar-refractivity contribution >= 4 is 16.8 Å². The maximum atomic E-state index is 13.2. The lowest BCUT2D eigenvalue weighted by Crippen LogP contribution is -2.51. The van der Waals surface area contributed by atoms with Gasteiger partial charge in [0, 0.05) is 37.3 Å². The number of aromatic nitrogens is 1. The first kappa shape index (κ1) is 13.0. The molecule has 0 radical (unpaired) electrons. The fourth-order valence-electron chi connectivity index (χ4n) is 2.52. The van der Waals surface area contributed by atoms with E-state index in [1.54, 1.807) is 18.3 Å². The highest BCUT2D eigenvalue weighted by atomic mass is 19.1. The van der Waals surface area contributed by atoms with Gasteiger partial charge in [0.1, 0.15) is 5.82 Å². The molecule has 0 unspecified atom stereocenters. The Morgan fingerprint density at radius 3 is 3.10 bits per heavy atom. The van der Waals surface area contributed by atoms with E-state index in [4.69, 9.17) is 0 Å². The summed E-state index contributed by atoms with van der Waals surface area (Å²) in [6, 6.07) is 6.39. The molecule has 0 saturated carbocycles. The molecule has 20 heavy (non-hydrogen) atoms. The van der Waals surface area contributed by atoms with E-state index in [9.17, 15) is 9.18 Å². The summed E-state index contributed by atoms with van der Waals surface area (Å²) in [4.78, 5) is 18.5. The Kier molecular flexibility index (Phi) is 3.36. The fourth-order valence-corrected chi connectivity index (χ4v) is 2.52. The molecule has 2 aromatic rings. The van der Waals surface area contributed by atoms with Crippen LogP contribution in [0.3, 0.4) is 0 Å². The lowest BCUT2D eigenvalue weighted by Gasteiger charge is -2.31. The zero-order valence-corrected chi connectivity index (χ0v) is 11.3. The number of carbonyl (C=O) groups is 1. The van der Waals surface area contributed by atoms with Crippen LogP contribution >= 0.6 is 0 Å². The third-order valence-corrected chi connectivity index (χ3v) is 3.55. The third-order valence-electron chi connectivity index (χ3n) is 3.55. The number of carbonyl (C=O) groups excluding carboxylic acids is 1. The van der Waals surface area contributed by atoms with Gasteiger partial charge < -0.3 is 10.2 Å². The lowest BCUT2D eigenvalue weighted by atomic mass is 10.1. The minimum Gasteiger partial charge on any atom is -0.336 e. The Bertz CT molecular complexity index is 659. The van der Waals surface area contributed by atoms with Gasteiger partial charge in [-0.3, -0.25) is 9.78 Å². The van der Waals surface area contributed by atoms with E-state index in [0.29, 0.717) is 35.6 Å². The molecule has 1 fully saturated rings. The van der Waals surface area contributed by atoms with Gasteiger partial charge in [-0.05, 0) is 31.2 Å². The van der Waals surface area contributed by atoms with Gasteiger partial charge in [0.2, 0.25) is 0 Å². The summed E-state index contributed by atoms with van der Waals surface area (Å²) < 4.78 is 13.2. The van der Waals surface area contributed by atoms with Crippen molar-refractivity contribution in [3.05, 3.63) is 41.8 Å². The zero-order chi connectivity index (χ0) is 14.1. The second kappa shape index (κ2) is 5.17. The number of pyridine rings is 1. The molecule has 0 aliphatic carbocycles. The van der Waals surface area contributed by atoms with E-state index in [1.165, 1.54) is 12.1 Å². The topological polar surface area (TPSA) is 45.2 Å². The molecule has 0 spiro atoms. The molecule has 1 aromatic carbocycles. The number of piperazine rings is 1. The number of halogens is 1. The van der Waals surface area contributed by atoms with Gasteiger partial charge in [0.15, 0.2) is 0 Å². The smallest absolute Gasteiger partial charge is 0.255 e. The molecule has 0 bridgehead atoms. The predicted octanol–water partition coefficient (Wildman–Crippen LogP) is 1.81. The Balaban J connectivity index is 1.91. The summed E-state index contributed by atoms with van der Waals surface area (Å²) in [7, 11) is 0. The molecule has 3 rings (SSSR count). The van der Waals surface area contributed by atoms with Crippen LogP contribution < -0.4 is 5.32 Å². The largest absolute Gasteiger partial charge is 0.336 e. The van der Waals surface area contributed by atoms with Crippen molar-refractivity contribution in [2.45, 2.75) is 13.0 Å². The van der Waals surface area contributed by atoms with Gasteiger partial charge >= 0.3 is 0 Å². The number of nitrogens with one attached hydrogen (secondary N) is 1. The van der Waals surface area contributed by atoms with Crippen molar-refractivity contribution in [3.8, 4) is 0 Å². The summed E-state index contributed by atoms with van der Waals surface area (Å²) in [5.41, 5.74) is 1.20. The molecule has 1 aliphatic rings. The van der Waals surface area contributed by atoms with Gasteiger partial charge in [-0.2, -0.15) is 0 Å². The van der Waals surface area contributed by atoms with Gasteiger partial charge in [0.05, 0.1) is 11.1 Å². The van der Waals surface area contributed by atoms with Crippen LogP contribution in [0.2, 0.25) is 0 Å². The minimum absolute atomic E-state index is 0.0444. The molecule has 1 N–H and O–H groups in total. The molecule has 5 heteroatoms. The number of fused-ring (bicyclic) bond motifs is 1. The molecule has 104 valence electrons. The normalized spacial score (nSPS) is 19.3. The standard InChI is InChI=1S/C15H16FN3O/c1-10-9-19(5-4-17-10)15(20)12-6-11-7-13(16)2-3-14(11)18-8-12/h2-3,6-8,10,17H,4-5,9H2,1H3/t10-/m1/s1. The first-order valence-corrected chi connectivity index (χ1v) is 6.71. The number of hydrogen-bond acceptors (Lipinski definition) is 3. The first-order valence-electron chi connectivity index (χ1n) is 6.71. The highest BCUT2D eigenvalue weighted by Crippen LogP contribution is 2.16. The van der Waals surface area contributed by atoms with E-state index < -0.39 is 0 Å². The van der Waals surface area contributed by atoms with Crippen molar-refractivity contribution in [3.63, 3.8) is 0 Å². The molecule has 1 aromatic heterocycles. The van der Waals surface area contributed by atoms with Crippen LogP contribution in [0.4, 0.5) is 4.39 Å². The number of benzene rings is 1. The Hall–Kier alpha value is -2.01. The van der Waals surface area contributed by atoms with Crippen molar-refractivity contribution in [2.75, 3.05) is 19.6 Å². The predicted molar refractivity (Wildman–Crippen MR) is 75.1 cm³/mol. The molecular weight excluding hydrogens is 257 g/mol. The molecule has 1 aliphatic heterocycles. The van der Waals surface area contributed by atoms with Crippen molar-refractivity contribution < 1.29 is 9.18 Å². The van der Waals surface area contributed by atoms with Crippen LogP contribution in [-0.2, 0) is 0 Å². The second-order valence-corrected chi connectivity index (χ2v) is 5.17. The van der Waals surface area contributed by atoms with Crippen molar-refractivity contribution in [1.29, 1.82) is 0 Å². The van der Waals surface area contributed by atoms with Crippen LogP contribution in [0.5, 0.6) is 0 Å². The molecular formula is C15H16FN3O. The Labute approximate surface area is 116 Å². The van der Waals surface area contributed by atoms with Gasteiger partial charge in [0.25, 0.3) is 5.91 Å². The van der Waals surface area contributed by atoms with Crippen LogP contribution in [0.1, 0.15) is 17.3 Å². The Morgan fingerprint density at radius 1 is 1.45 bits per heavy atom. The van der Waals surface area contributed by atoms with Gasteiger partial charge in [-0.25, -0.2) is 4.39 Å². The summed E-state index contributed by atoms with van der Waals surface area (Å²) >= 11 is 0. The number of rotatable bonds is 1. The van der Waals surface area contributed by atoms with Crippen LogP contribution in [0, 0.1) is 5.82 Å². The third kappa shape index (κ3) is 2.49. The molecule has 1 saturated heterocycles. The summed E-state index contributed by atoms with van der Waals surface area (Å²) in [6.45, 7) is 4.21. The van der Waals surface area contributed by atoms with E-state index in [1.807, 2.05) is 11.8 Å². The van der Waals surface area contributed by atoms with Crippen molar-refractivity contribution in [2.24, 2.45) is 0 Å². The number of amides is 1. The van der Waals surface area contributed by atoms with E-state index in [2.05, 4.69) is 10.3 Å². The van der Waals surface area contributed by atoms with Crippen LogP contribution in [0.25, 0.3) is 10.9 Å². The molecule has 4 nitrogen and oxygen atoms in total. The fraction of sp³-hybridized carbons (Fsp3) is 0.333. The lowest BCUT2D eigenvalue weighted by molar-refractivity contribution is 0.0709.